The number of hydrogen-bond donors (Lipinski definition) is 3. The molecule has 2 amide bonds. The molecule has 2 heterocycles. The lowest BCUT2D eigenvalue weighted by Crippen LogP contribution is -2.37. The van der Waals surface area contributed by atoms with Gasteiger partial charge in [0.1, 0.15) is 17.5 Å². The molecule has 1 aromatic carbocycles. The molecule has 0 bridgehead atoms. The zero-order valence-corrected chi connectivity index (χ0v) is 17.5. The van der Waals surface area contributed by atoms with Crippen molar-refractivity contribution in [2.45, 2.75) is 12.8 Å². The SMILES string of the molecule is N#Cc1c(CCCNC(=O)CNC(=O)c2ccc(Br)o2)nn(-c2ccccc2)c1N. The zero-order chi connectivity index (χ0) is 21.5. The van der Waals surface area contributed by atoms with Crippen molar-refractivity contribution in [2.75, 3.05) is 18.8 Å². The highest BCUT2D eigenvalue weighted by Gasteiger charge is 2.16. The Kier molecular flexibility index (Phi) is 6.87. The first kappa shape index (κ1) is 21.1. The molecule has 0 aliphatic carbocycles. The number of nitrogens with two attached hydrogens (primary N) is 1. The molecule has 0 radical (unpaired) electrons. The van der Waals surface area contributed by atoms with Crippen molar-refractivity contribution < 1.29 is 14.0 Å². The van der Waals surface area contributed by atoms with Crippen LogP contribution >= 0.6 is 15.9 Å². The third-order valence-corrected chi connectivity index (χ3v) is 4.65. The highest BCUT2D eigenvalue weighted by atomic mass is 79.9. The number of amides is 2. The zero-order valence-electron chi connectivity index (χ0n) is 15.9. The molecule has 0 unspecified atom stereocenters. The lowest BCUT2D eigenvalue weighted by molar-refractivity contribution is -0.120. The second kappa shape index (κ2) is 9.76. The lowest BCUT2D eigenvalue weighted by Gasteiger charge is -2.05. The largest absolute Gasteiger partial charge is 0.444 e. The minimum atomic E-state index is -0.476. The predicted octanol–water partition coefficient (Wildman–Crippen LogP) is 2.16. The first-order valence-electron chi connectivity index (χ1n) is 9.12. The molecule has 3 rings (SSSR count). The normalized spacial score (nSPS) is 10.4. The van der Waals surface area contributed by atoms with Crippen LogP contribution in [0.3, 0.4) is 0 Å². The molecule has 9 nitrogen and oxygen atoms in total. The molecule has 2 aromatic heterocycles. The Morgan fingerprint density at radius 1 is 1.20 bits per heavy atom. The maximum atomic E-state index is 11.9. The molecule has 154 valence electrons. The van der Waals surface area contributed by atoms with Crippen molar-refractivity contribution in [3.63, 3.8) is 0 Å². The number of carbonyl (C=O) groups excluding carboxylic acids is 2. The van der Waals surface area contributed by atoms with Crippen LogP contribution in [0.5, 0.6) is 0 Å². The van der Waals surface area contributed by atoms with E-state index in [0.29, 0.717) is 35.3 Å². The Morgan fingerprint density at radius 3 is 2.63 bits per heavy atom. The first-order chi connectivity index (χ1) is 14.5. The van der Waals surface area contributed by atoms with Gasteiger partial charge in [-0.05, 0) is 53.0 Å². The van der Waals surface area contributed by atoms with E-state index in [4.69, 9.17) is 10.2 Å². The monoisotopic (exact) mass is 470 g/mol. The number of nitriles is 1. The maximum Gasteiger partial charge on any atom is 0.287 e. The number of nitrogen functional groups attached to an aromatic ring is 1. The first-order valence-corrected chi connectivity index (χ1v) is 9.92. The number of hydrogen-bond acceptors (Lipinski definition) is 6. The molecule has 0 aliphatic rings. The molecule has 3 aromatic rings. The predicted molar refractivity (Wildman–Crippen MR) is 113 cm³/mol. The number of rotatable bonds is 8. The van der Waals surface area contributed by atoms with Crippen LogP contribution in [0.15, 0.2) is 51.6 Å². The summed E-state index contributed by atoms with van der Waals surface area (Å²) in [7, 11) is 0. The fourth-order valence-electron chi connectivity index (χ4n) is 2.77. The lowest BCUT2D eigenvalue weighted by atomic mass is 10.1. The average molecular weight is 471 g/mol. The highest BCUT2D eigenvalue weighted by Crippen LogP contribution is 2.21. The molecule has 0 saturated carbocycles. The van der Waals surface area contributed by atoms with E-state index < -0.39 is 5.91 Å². The number of aromatic nitrogens is 2. The molecule has 0 fully saturated rings. The van der Waals surface area contributed by atoms with Crippen molar-refractivity contribution in [3.05, 3.63) is 64.2 Å². The Labute approximate surface area is 181 Å². The van der Waals surface area contributed by atoms with Crippen molar-refractivity contribution in [1.82, 2.24) is 20.4 Å². The molecule has 4 N–H and O–H groups in total. The number of para-hydroxylation sites is 1. The van der Waals surface area contributed by atoms with Gasteiger partial charge in [-0.25, -0.2) is 4.68 Å². The number of nitrogens with one attached hydrogen (secondary N) is 2. The number of carbonyl (C=O) groups is 2. The van der Waals surface area contributed by atoms with Crippen molar-refractivity contribution in [3.8, 4) is 11.8 Å². The van der Waals surface area contributed by atoms with Gasteiger partial charge in [-0.2, -0.15) is 10.4 Å². The molecule has 0 aliphatic heterocycles. The summed E-state index contributed by atoms with van der Waals surface area (Å²) < 4.78 is 7.09. The summed E-state index contributed by atoms with van der Waals surface area (Å²) in [6.45, 7) is 0.195. The standard InChI is InChI=1S/C20H19BrN6O3/c21-17-9-8-16(30-17)20(29)25-12-18(28)24-10-4-7-15-14(11-22)19(23)27(26-15)13-5-2-1-3-6-13/h1-3,5-6,8-9H,4,7,10,12,23H2,(H,24,28)(H,25,29). The molecular formula is C20H19BrN6O3. The molecular weight excluding hydrogens is 452 g/mol. The summed E-state index contributed by atoms with van der Waals surface area (Å²) in [5.41, 5.74) is 7.75. The second-order valence-corrected chi connectivity index (χ2v) is 7.09. The van der Waals surface area contributed by atoms with Crippen LogP contribution in [-0.4, -0.2) is 34.7 Å². The average Bonchev–Trinajstić information content (AvgIpc) is 3.33. The van der Waals surface area contributed by atoms with Crippen LogP contribution in [0.25, 0.3) is 5.69 Å². The van der Waals surface area contributed by atoms with Crippen molar-refractivity contribution in [2.24, 2.45) is 0 Å². The summed E-state index contributed by atoms with van der Waals surface area (Å²) in [5, 5.41) is 19.1. The quantitative estimate of drug-likeness (QED) is 0.431. The summed E-state index contributed by atoms with van der Waals surface area (Å²) in [6, 6.07) is 14.5. The molecule has 30 heavy (non-hydrogen) atoms. The van der Waals surface area contributed by atoms with Crippen molar-refractivity contribution in [1.29, 1.82) is 5.26 Å². The molecule has 0 saturated heterocycles. The van der Waals surface area contributed by atoms with Crippen LogP contribution in [0.1, 0.15) is 28.2 Å². The Bertz CT molecular complexity index is 1080. The van der Waals surface area contributed by atoms with E-state index in [1.54, 1.807) is 6.07 Å². The molecule has 10 heteroatoms. The summed E-state index contributed by atoms with van der Waals surface area (Å²) in [4.78, 5) is 23.7. The third kappa shape index (κ3) is 5.07. The second-order valence-electron chi connectivity index (χ2n) is 6.31. The Balaban J connectivity index is 1.48. The van der Waals surface area contributed by atoms with E-state index in [0.717, 1.165) is 5.69 Å². The van der Waals surface area contributed by atoms with E-state index in [-0.39, 0.29) is 24.0 Å². The highest BCUT2D eigenvalue weighted by molar-refractivity contribution is 9.10. The summed E-state index contributed by atoms with van der Waals surface area (Å²) in [6.07, 6.45) is 1.03. The van der Waals surface area contributed by atoms with Crippen LogP contribution in [0.4, 0.5) is 5.82 Å². The van der Waals surface area contributed by atoms with E-state index >= 15 is 0 Å². The van der Waals surface area contributed by atoms with Crippen LogP contribution in [0.2, 0.25) is 0 Å². The van der Waals surface area contributed by atoms with Crippen molar-refractivity contribution >= 4 is 33.6 Å². The number of benzene rings is 1. The summed E-state index contributed by atoms with van der Waals surface area (Å²) in [5.74, 6) is -0.402. The van der Waals surface area contributed by atoms with Gasteiger partial charge in [0.2, 0.25) is 5.91 Å². The third-order valence-electron chi connectivity index (χ3n) is 4.23. The van der Waals surface area contributed by atoms with E-state index in [1.807, 2.05) is 30.3 Å². The van der Waals surface area contributed by atoms with Gasteiger partial charge in [-0.15, -0.1) is 0 Å². The van der Waals surface area contributed by atoms with Gasteiger partial charge in [0.05, 0.1) is 17.9 Å². The van der Waals surface area contributed by atoms with Crippen LogP contribution in [0, 0.1) is 11.3 Å². The summed E-state index contributed by atoms with van der Waals surface area (Å²) >= 11 is 3.11. The van der Waals surface area contributed by atoms with Gasteiger partial charge in [0, 0.05) is 6.54 Å². The Morgan fingerprint density at radius 2 is 1.97 bits per heavy atom. The molecule has 0 spiro atoms. The van der Waals surface area contributed by atoms with Gasteiger partial charge in [-0.3, -0.25) is 9.59 Å². The Hall–Kier alpha value is -3.58. The number of nitrogens with zero attached hydrogens (tertiary/aromatic N) is 3. The van der Waals surface area contributed by atoms with Gasteiger partial charge in [0.25, 0.3) is 5.91 Å². The fraction of sp³-hybridized carbons (Fsp3) is 0.200. The van der Waals surface area contributed by atoms with Crippen LogP contribution in [-0.2, 0) is 11.2 Å². The van der Waals surface area contributed by atoms with E-state index in [2.05, 4.69) is 37.7 Å². The minimum Gasteiger partial charge on any atom is -0.444 e. The smallest absolute Gasteiger partial charge is 0.287 e. The number of aryl methyl sites for hydroxylation is 1. The van der Waals surface area contributed by atoms with Gasteiger partial charge < -0.3 is 20.8 Å². The molecule has 0 atom stereocenters. The number of halogens is 1. The van der Waals surface area contributed by atoms with E-state index in [9.17, 15) is 14.9 Å². The van der Waals surface area contributed by atoms with E-state index in [1.165, 1.54) is 10.7 Å². The van der Waals surface area contributed by atoms with Gasteiger partial charge in [-0.1, -0.05) is 18.2 Å². The number of furan rings is 1. The maximum absolute atomic E-state index is 11.9. The topological polar surface area (TPSA) is 139 Å². The fourth-order valence-corrected chi connectivity index (χ4v) is 3.08. The van der Waals surface area contributed by atoms with Gasteiger partial charge >= 0.3 is 0 Å². The van der Waals surface area contributed by atoms with Gasteiger partial charge in [0.15, 0.2) is 10.4 Å². The number of anilines is 1. The minimum absolute atomic E-state index is 0.116. The van der Waals surface area contributed by atoms with Crippen LogP contribution < -0.4 is 16.4 Å².